The van der Waals surface area contributed by atoms with Crippen molar-refractivity contribution in [3.8, 4) is 0 Å². The Hall–Kier alpha value is -2.69. The topological polar surface area (TPSA) is 71.8 Å². The van der Waals surface area contributed by atoms with Crippen molar-refractivity contribution in [1.29, 1.82) is 0 Å². The molecule has 0 atom stereocenters. The number of nitrogens with one attached hydrogen (secondary N) is 1. The van der Waals surface area contributed by atoms with Gasteiger partial charge in [-0.1, -0.05) is 18.2 Å². The highest BCUT2D eigenvalue weighted by atomic mass is 16.6. The highest BCUT2D eigenvalue weighted by molar-refractivity contribution is 5.75. The molecule has 5 heteroatoms. The monoisotopic (exact) mass is 267 g/mol. The van der Waals surface area contributed by atoms with Crippen LogP contribution < -0.4 is 0 Å². The van der Waals surface area contributed by atoms with E-state index in [1.807, 2.05) is 19.1 Å². The van der Waals surface area contributed by atoms with Gasteiger partial charge in [0.25, 0.3) is 5.69 Å². The fourth-order valence-electron chi connectivity index (χ4n) is 2.19. The van der Waals surface area contributed by atoms with Gasteiger partial charge in [-0.2, -0.15) is 0 Å². The van der Waals surface area contributed by atoms with Gasteiger partial charge < -0.3 is 4.98 Å². The van der Waals surface area contributed by atoms with Gasteiger partial charge in [-0.15, -0.1) is 0 Å². The molecule has 2 aromatic carbocycles. The molecule has 0 aliphatic carbocycles. The zero-order valence-electron chi connectivity index (χ0n) is 11.0. The summed E-state index contributed by atoms with van der Waals surface area (Å²) < 4.78 is 0. The molecule has 20 heavy (non-hydrogen) atoms. The van der Waals surface area contributed by atoms with Crippen LogP contribution >= 0.6 is 0 Å². The van der Waals surface area contributed by atoms with Crippen molar-refractivity contribution in [2.75, 3.05) is 0 Å². The third-order valence-corrected chi connectivity index (χ3v) is 3.21. The molecule has 0 bridgehead atoms. The molecule has 0 unspecified atom stereocenters. The van der Waals surface area contributed by atoms with Gasteiger partial charge in [0.15, 0.2) is 0 Å². The van der Waals surface area contributed by atoms with E-state index in [1.54, 1.807) is 12.1 Å². The van der Waals surface area contributed by atoms with Gasteiger partial charge in [-0.3, -0.25) is 10.1 Å². The highest BCUT2D eigenvalue weighted by Gasteiger charge is 2.07. The quantitative estimate of drug-likeness (QED) is 0.584. The zero-order valence-corrected chi connectivity index (χ0v) is 11.0. The first-order valence-corrected chi connectivity index (χ1v) is 6.30. The number of nitro groups is 1. The maximum absolute atomic E-state index is 10.6. The van der Waals surface area contributed by atoms with E-state index in [0.29, 0.717) is 6.42 Å². The van der Waals surface area contributed by atoms with Crippen LogP contribution in [-0.2, 0) is 6.42 Å². The number of aryl methyl sites for hydroxylation is 1. The molecule has 1 aromatic heterocycles. The van der Waals surface area contributed by atoms with Gasteiger partial charge >= 0.3 is 0 Å². The second-order valence-electron chi connectivity index (χ2n) is 4.80. The minimum absolute atomic E-state index is 0.106. The molecule has 3 rings (SSSR count). The van der Waals surface area contributed by atoms with Crippen molar-refractivity contribution in [1.82, 2.24) is 9.97 Å². The Labute approximate surface area is 115 Å². The molecule has 0 saturated carbocycles. The number of aromatic nitrogens is 2. The summed E-state index contributed by atoms with van der Waals surface area (Å²) in [6.07, 6.45) is 0.631. The molecule has 5 nitrogen and oxygen atoms in total. The maximum Gasteiger partial charge on any atom is 0.269 e. The maximum atomic E-state index is 10.6. The van der Waals surface area contributed by atoms with E-state index in [9.17, 15) is 10.1 Å². The van der Waals surface area contributed by atoms with Crippen molar-refractivity contribution in [3.05, 3.63) is 69.5 Å². The van der Waals surface area contributed by atoms with Crippen LogP contribution in [0.15, 0.2) is 42.5 Å². The van der Waals surface area contributed by atoms with Crippen LogP contribution in [0.2, 0.25) is 0 Å². The van der Waals surface area contributed by atoms with Crippen LogP contribution in [0.4, 0.5) is 5.69 Å². The Morgan fingerprint density at radius 2 is 1.95 bits per heavy atom. The fraction of sp³-hybridized carbons (Fsp3) is 0.133. The van der Waals surface area contributed by atoms with E-state index >= 15 is 0 Å². The van der Waals surface area contributed by atoms with Gasteiger partial charge in [0.2, 0.25) is 0 Å². The van der Waals surface area contributed by atoms with Gasteiger partial charge in [-0.05, 0) is 30.2 Å². The first kappa shape index (κ1) is 12.3. The number of nitro benzene ring substituents is 1. The van der Waals surface area contributed by atoms with Crippen molar-refractivity contribution in [3.63, 3.8) is 0 Å². The molecular weight excluding hydrogens is 254 g/mol. The summed E-state index contributed by atoms with van der Waals surface area (Å²) in [5.41, 5.74) is 4.23. The Bertz CT molecular complexity index is 775. The highest BCUT2D eigenvalue weighted by Crippen LogP contribution is 2.17. The summed E-state index contributed by atoms with van der Waals surface area (Å²) in [6, 6.07) is 12.6. The molecule has 0 fully saturated rings. The molecule has 0 amide bonds. The number of H-pyrrole nitrogens is 1. The van der Waals surface area contributed by atoms with Crippen molar-refractivity contribution in [2.24, 2.45) is 0 Å². The van der Waals surface area contributed by atoms with E-state index < -0.39 is 4.92 Å². The van der Waals surface area contributed by atoms with Gasteiger partial charge in [-0.25, -0.2) is 4.98 Å². The first-order chi connectivity index (χ1) is 9.61. The number of aromatic amines is 1. The molecular formula is C15H13N3O2. The van der Waals surface area contributed by atoms with Crippen LogP contribution in [0.3, 0.4) is 0 Å². The molecule has 0 saturated heterocycles. The summed E-state index contributed by atoms with van der Waals surface area (Å²) >= 11 is 0. The number of non-ortho nitro benzene ring substituents is 1. The van der Waals surface area contributed by atoms with Crippen LogP contribution in [0, 0.1) is 17.0 Å². The lowest BCUT2D eigenvalue weighted by atomic mass is 10.1. The zero-order chi connectivity index (χ0) is 14.1. The predicted molar refractivity (Wildman–Crippen MR) is 76.7 cm³/mol. The van der Waals surface area contributed by atoms with Crippen LogP contribution in [0.25, 0.3) is 11.0 Å². The molecule has 0 aliphatic heterocycles. The van der Waals surface area contributed by atoms with E-state index in [-0.39, 0.29) is 5.69 Å². The smallest absolute Gasteiger partial charge is 0.269 e. The van der Waals surface area contributed by atoms with Crippen molar-refractivity contribution in [2.45, 2.75) is 13.3 Å². The Kier molecular flexibility index (Phi) is 2.95. The number of benzene rings is 2. The molecule has 3 aromatic rings. The predicted octanol–water partition coefficient (Wildman–Crippen LogP) is 3.37. The molecule has 1 heterocycles. The largest absolute Gasteiger partial charge is 0.342 e. The number of hydrogen-bond donors (Lipinski definition) is 1. The van der Waals surface area contributed by atoms with Crippen LogP contribution in [0.1, 0.15) is 17.0 Å². The molecule has 0 aliphatic rings. The van der Waals surface area contributed by atoms with Crippen LogP contribution in [-0.4, -0.2) is 14.9 Å². The average molecular weight is 267 g/mol. The summed E-state index contributed by atoms with van der Waals surface area (Å²) in [4.78, 5) is 18.0. The number of fused-ring (bicyclic) bond motifs is 1. The molecule has 100 valence electrons. The molecule has 0 radical (unpaired) electrons. The molecule has 0 spiro atoms. The number of nitrogens with zero attached hydrogens (tertiary/aromatic N) is 2. The SMILES string of the molecule is Cc1ccc2nc(Cc3ccc([N+](=O)[O-])cc3)[nH]c2c1. The summed E-state index contributed by atoms with van der Waals surface area (Å²) in [6.45, 7) is 2.04. The second-order valence-corrected chi connectivity index (χ2v) is 4.80. The summed E-state index contributed by atoms with van der Waals surface area (Å²) in [7, 11) is 0. The number of hydrogen-bond acceptors (Lipinski definition) is 3. The Morgan fingerprint density at radius 1 is 1.20 bits per heavy atom. The van der Waals surface area contributed by atoms with Crippen LogP contribution in [0.5, 0.6) is 0 Å². The Morgan fingerprint density at radius 3 is 2.65 bits per heavy atom. The minimum Gasteiger partial charge on any atom is -0.342 e. The minimum atomic E-state index is -0.395. The normalized spacial score (nSPS) is 10.8. The Balaban J connectivity index is 1.87. The number of rotatable bonds is 3. The first-order valence-electron chi connectivity index (χ1n) is 6.30. The summed E-state index contributed by atoms with van der Waals surface area (Å²) in [5, 5.41) is 10.6. The summed E-state index contributed by atoms with van der Waals surface area (Å²) in [5.74, 6) is 0.861. The lowest BCUT2D eigenvalue weighted by Crippen LogP contribution is -1.92. The van der Waals surface area contributed by atoms with E-state index in [0.717, 1.165) is 22.4 Å². The molecule has 1 N–H and O–H groups in total. The van der Waals surface area contributed by atoms with E-state index in [1.165, 1.54) is 17.7 Å². The second kappa shape index (κ2) is 4.77. The average Bonchev–Trinajstić information content (AvgIpc) is 2.80. The standard InChI is InChI=1S/C15H13N3O2/c1-10-2-7-13-14(8-10)17-15(16-13)9-11-3-5-12(6-4-11)18(19)20/h2-8H,9H2,1H3,(H,16,17). The van der Waals surface area contributed by atoms with E-state index in [2.05, 4.69) is 16.0 Å². The van der Waals surface area contributed by atoms with Gasteiger partial charge in [0.05, 0.1) is 16.0 Å². The number of imidazole rings is 1. The van der Waals surface area contributed by atoms with E-state index in [4.69, 9.17) is 0 Å². The third kappa shape index (κ3) is 2.38. The van der Waals surface area contributed by atoms with Gasteiger partial charge in [0.1, 0.15) is 5.82 Å². The fourth-order valence-corrected chi connectivity index (χ4v) is 2.19. The van der Waals surface area contributed by atoms with Crippen molar-refractivity contribution < 1.29 is 4.92 Å². The lowest BCUT2D eigenvalue weighted by molar-refractivity contribution is -0.384. The lowest BCUT2D eigenvalue weighted by Gasteiger charge is -1.97. The van der Waals surface area contributed by atoms with Crippen molar-refractivity contribution >= 4 is 16.7 Å². The third-order valence-electron chi connectivity index (χ3n) is 3.21. The van der Waals surface area contributed by atoms with Gasteiger partial charge in [0, 0.05) is 18.6 Å².